The largest absolute Gasteiger partial charge is 0.543 e. The molecular formula is C74H108N8O12Si2. The number of hydrogen-bond donors (Lipinski definition) is 5. The molecule has 0 fully saturated rings. The second-order valence-electron chi connectivity index (χ2n) is 30.5. The van der Waals surface area contributed by atoms with Crippen LogP contribution in [0.2, 0.25) is 33.2 Å². The van der Waals surface area contributed by atoms with Crippen LogP contribution >= 0.6 is 0 Å². The average molecular weight is 1360 g/mol. The Morgan fingerprint density at radius 3 is 1.14 bits per heavy atom. The molecule has 20 nitrogen and oxygen atoms in total. The molecule has 2 unspecified atom stereocenters. The number of hydrogen-bond acceptors (Lipinski definition) is 13. The fraction of sp³-hybridized carbons (Fsp3) is 0.514. The number of rotatable bonds is 22. The summed E-state index contributed by atoms with van der Waals surface area (Å²) in [7, 11) is -4.34. The van der Waals surface area contributed by atoms with Gasteiger partial charge in [0.1, 0.15) is 28.3 Å². The van der Waals surface area contributed by atoms with Gasteiger partial charge in [0.05, 0.1) is 23.7 Å². The molecule has 0 aliphatic rings. The highest BCUT2D eigenvalue weighted by molar-refractivity contribution is 6.78. The van der Waals surface area contributed by atoms with Crippen molar-refractivity contribution in [3.05, 3.63) is 132 Å². The van der Waals surface area contributed by atoms with Crippen LogP contribution in [0.25, 0.3) is 22.3 Å². The van der Waals surface area contributed by atoms with Crippen LogP contribution in [0.5, 0.6) is 11.5 Å². The second-order valence-corrected chi connectivity index (χ2v) is 41.3. The Balaban J connectivity index is 0.000000347. The van der Waals surface area contributed by atoms with E-state index >= 15 is 0 Å². The van der Waals surface area contributed by atoms with E-state index in [-0.39, 0.29) is 30.3 Å². The van der Waals surface area contributed by atoms with Gasteiger partial charge in [0.15, 0.2) is 0 Å². The first-order valence-electron chi connectivity index (χ1n) is 33.3. The molecule has 0 saturated heterocycles. The molecular weight excluding hydrogens is 1250 g/mol. The molecule has 524 valence electrons. The number of alkyl carbamates (subject to hydrolysis) is 2. The Morgan fingerprint density at radius 1 is 0.458 bits per heavy atom. The van der Waals surface area contributed by atoms with Gasteiger partial charge in [-0.3, -0.25) is 9.59 Å². The van der Waals surface area contributed by atoms with E-state index in [1.807, 2.05) is 93.6 Å². The number of carbonyl (C=O) groups is 6. The molecule has 5 N–H and O–H groups in total. The van der Waals surface area contributed by atoms with Crippen molar-refractivity contribution in [3.63, 3.8) is 0 Å². The number of anilines is 2. The molecule has 2 atom stereocenters. The van der Waals surface area contributed by atoms with E-state index in [2.05, 4.69) is 115 Å². The predicted molar refractivity (Wildman–Crippen MR) is 387 cm³/mol. The highest BCUT2D eigenvalue weighted by atomic mass is 28.4. The number of carbonyl (C=O) groups excluding carboxylic acids is 5. The van der Waals surface area contributed by atoms with E-state index in [1.165, 1.54) is 6.20 Å². The molecule has 4 aromatic carbocycles. The lowest BCUT2D eigenvalue weighted by molar-refractivity contribution is -0.118. The molecule has 2 heterocycles. The van der Waals surface area contributed by atoms with Crippen LogP contribution in [-0.4, -0.2) is 107 Å². The molecule has 0 saturated carbocycles. The lowest BCUT2D eigenvalue weighted by atomic mass is 9.87. The van der Waals surface area contributed by atoms with E-state index in [4.69, 9.17) is 23.1 Å². The maximum atomic E-state index is 13.8. The first kappa shape index (κ1) is 78.5. The summed E-state index contributed by atoms with van der Waals surface area (Å²) in [5, 5.41) is 29.4. The monoisotopic (exact) mass is 1360 g/mol. The number of aromatic nitrogens is 4. The van der Waals surface area contributed by atoms with E-state index in [9.17, 15) is 33.9 Å². The zero-order valence-electron chi connectivity index (χ0n) is 61.2. The fourth-order valence-electron chi connectivity index (χ4n) is 12.4. The molecule has 0 spiro atoms. The van der Waals surface area contributed by atoms with E-state index < -0.39 is 69.6 Å². The van der Waals surface area contributed by atoms with Gasteiger partial charge in [0.25, 0.3) is 16.6 Å². The minimum atomic E-state index is -2.17. The minimum Gasteiger partial charge on any atom is -0.543 e. The first-order valence-corrected chi connectivity index (χ1v) is 37.6. The van der Waals surface area contributed by atoms with Crippen LogP contribution in [0.1, 0.15) is 195 Å². The molecule has 0 bridgehead atoms. The summed E-state index contributed by atoms with van der Waals surface area (Å²) in [6, 6.07) is 29.6. The van der Waals surface area contributed by atoms with Crippen molar-refractivity contribution in [1.82, 2.24) is 30.2 Å². The summed E-state index contributed by atoms with van der Waals surface area (Å²) in [5.41, 5.74) is 6.33. The summed E-state index contributed by atoms with van der Waals surface area (Å²) < 4.78 is 32.0. The quantitative estimate of drug-likeness (QED) is 0.0313. The minimum absolute atomic E-state index is 0.0189. The number of nitrogens with zero attached hydrogens (tertiary/aromatic N) is 4. The normalized spacial score (nSPS) is 13.0. The van der Waals surface area contributed by atoms with Crippen LogP contribution < -0.4 is 30.1 Å². The van der Waals surface area contributed by atoms with Crippen molar-refractivity contribution in [2.45, 2.75) is 233 Å². The maximum Gasteiger partial charge on any atom is 0.435 e. The summed E-state index contributed by atoms with van der Waals surface area (Å²) >= 11 is 0. The van der Waals surface area contributed by atoms with E-state index in [0.29, 0.717) is 61.4 Å². The number of amides is 4. The Morgan fingerprint density at radius 2 is 0.812 bits per heavy atom. The lowest BCUT2D eigenvalue weighted by Gasteiger charge is -2.42. The van der Waals surface area contributed by atoms with Crippen molar-refractivity contribution in [2.24, 2.45) is 0 Å². The molecule has 2 aromatic heterocycles. The molecule has 6 rings (SSSR count). The van der Waals surface area contributed by atoms with Gasteiger partial charge in [-0.15, -0.1) is 0 Å². The van der Waals surface area contributed by atoms with Crippen LogP contribution in [-0.2, 0) is 29.2 Å². The number of benzene rings is 4. The van der Waals surface area contributed by atoms with Crippen LogP contribution in [0, 0.1) is 0 Å². The summed E-state index contributed by atoms with van der Waals surface area (Å²) in [5.74, 6) is -0.476. The van der Waals surface area contributed by atoms with Crippen LogP contribution in [0.4, 0.5) is 30.6 Å². The number of nitrogens with one attached hydrogen (secondary N) is 4. The topological polar surface area (TPSA) is 253 Å². The summed E-state index contributed by atoms with van der Waals surface area (Å²) in [4.78, 5) is 76.7. The lowest BCUT2D eigenvalue weighted by Crippen LogP contribution is -2.50. The molecule has 0 aliphatic heterocycles. The van der Waals surface area contributed by atoms with Gasteiger partial charge < -0.3 is 49.4 Å². The third-order valence-electron chi connectivity index (χ3n) is 16.6. The Labute approximate surface area is 572 Å². The third kappa shape index (κ3) is 21.4. The van der Waals surface area contributed by atoms with Crippen molar-refractivity contribution in [2.75, 3.05) is 23.7 Å². The number of ether oxygens (including phenoxy) is 3. The predicted octanol–water partition coefficient (Wildman–Crippen LogP) is 18.3. The zero-order valence-corrected chi connectivity index (χ0v) is 63.2. The van der Waals surface area contributed by atoms with Crippen molar-refractivity contribution >= 4 is 64.2 Å². The van der Waals surface area contributed by atoms with Gasteiger partial charge in [-0.05, 0) is 166 Å². The molecule has 4 amide bonds. The summed E-state index contributed by atoms with van der Waals surface area (Å²) in [6.07, 6.45) is 1.74. The highest BCUT2D eigenvalue weighted by Crippen LogP contribution is 2.45. The molecule has 22 heteroatoms. The van der Waals surface area contributed by atoms with Gasteiger partial charge >= 0.3 is 24.4 Å². The van der Waals surface area contributed by atoms with Crippen LogP contribution in [0.15, 0.2) is 116 Å². The zero-order chi connectivity index (χ0) is 72.2. The molecule has 0 radical (unpaired) electrons. The number of carboxylic acid groups (broad SMARTS) is 1. The summed E-state index contributed by atoms with van der Waals surface area (Å²) in [6.45, 7) is 49.0. The Bertz CT molecular complexity index is 3530. The van der Waals surface area contributed by atoms with E-state index in [0.717, 1.165) is 43.1 Å². The average Bonchev–Trinajstić information content (AvgIpc) is 1.66. The standard InChI is InChI=1S/2C37H54N4O6Si/c1-24(2)48(25(3)4,26(5)6)47-31-19-15-28(16-20-31)32(22-38-34(43)45-36(7,8)9)33(42)40-30-17-13-27(14-18-30)29-21-39-41(23-29)35(44)46-37(10,11)12;1-23(2)48(24(3)4,25(5)6)47-29-19-15-26(16-20-29)30(21-38-34(43)46-37(10,11)12)33(42)39-28-17-13-27(14-18-28)31-22-41(35(44)45)40-32(31)36(7,8)9/h13-21,23-26,32H,22H2,1-12H3,(H,38,43)(H,40,42);13-20,22-25,30H,21H2,1-12H3,(H,38,43)(H,39,42)(H,44,45). The fourth-order valence-corrected chi connectivity index (χ4v) is 22.9. The molecule has 0 aliphatic carbocycles. The highest BCUT2D eigenvalue weighted by Gasteiger charge is 2.48. The Hall–Kier alpha value is -8.25. The smallest absolute Gasteiger partial charge is 0.435 e. The third-order valence-corrected chi connectivity index (χ3v) is 28.6. The molecule has 6 aromatic rings. The van der Waals surface area contributed by atoms with Gasteiger partial charge in [-0.25, -0.2) is 19.2 Å². The first-order chi connectivity index (χ1) is 44.4. The SMILES string of the molecule is CC(C)[Si](Oc1ccc(C(CNC(=O)OC(C)(C)C)C(=O)Nc2ccc(-c3cn(C(=O)O)nc3C(C)(C)C)cc2)cc1)(C(C)C)C(C)C.CC(C)[Si](Oc1ccc(C(CNC(=O)OC(C)(C)C)C(=O)Nc2ccc(-c3cnn(C(=O)OC(C)(C)C)c3)cc2)cc1)(C(C)C)C(C)C. The second kappa shape index (κ2) is 32.2. The van der Waals surface area contributed by atoms with E-state index in [1.54, 1.807) is 99.0 Å². The van der Waals surface area contributed by atoms with Crippen molar-refractivity contribution < 1.29 is 56.9 Å². The van der Waals surface area contributed by atoms with Gasteiger partial charge in [-0.1, -0.05) is 152 Å². The molecule has 96 heavy (non-hydrogen) atoms. The van der Waals surface area contributed by atoms with Crippen molar-refractivity contribution in [1.29, 1.82) is 0 Å². The maximum absolute atomic E-state index is 13.8. The van der Waals surface area contributed by atoms with Crippen LogP contribution in [0.3, 0.4) is 0 Å². The van der Waals surface area contributed by atoms with Crippen molar-refractivity contribution in [3.8, 4) is 33.8 Å². The van der Waals surface area contributed by atoms with Gasteiger partial charge in [0, 0.05) is 53.4 Å². The van der Waals surface area contributed by atoms with Gasteiger partial charge in [0.2, 0.25) is 11.8 Å². The van der Waals surface area contributed by atoms with Gasteiger partial charge in [-0.2, -0.15) is 19.6 Å². The Kier molecular flexibility index (Phi) is 26.3.